The molecule has 0 spiro atoms. The number of morpholine rings is 1. The monoisotopic (exact) mass is 587 g/mol. The van der Waals surface area contributed by atoms with Crippen molar-refractivity contribution in [1.29, 1.82) is 0 Å². The Hall–Kier alpha value is -3.12. The first-order valence-electron chi connectivity index (χ1n) is 14.3. The molecule has 3 heterocycles. The number of alkyl carbamates (subject to hydrolysis) is 1. The van der Waals surface area contributed by atoms with E-state index in [0.717, 1.165) is 68.1 Å². The van der Waals surface area contributed by atoms with Crippen LogP contribution in [0.5, 0.6) is 0 Å². The summed E-state index contributed by atoms with van der Waals surface area (Å²) in [5.41, 5.74) is 3.07. The number of fused-ring (bicyclic) bond motifs is 3. The number of ketones is 1. The van der Waals surface area contributed by atoms with Crippen LogP contribution in [0.3, 0.4) is 0 Å². The van der Waals surface area contributed by atoms with Gasteiger partial charge in [0.2, 0.25) is 5.65 Å². The molecule has 226 valence electrons. The number of rotatable bonds is 11. The molecule has 3 aromatic rings. The van der Waals surface area contributed by atoms with E-state index in [1.54, 1.807) is 20.8 Å². The first-order valence-corrected chi connectivity index (χ1v) is 14.3. The molecule has 1 aliphatic rings. The molecule has 12 heteroatoms. The Balaban J connectivity index is 0.00000462. The highest BCUT2D eigenvalue weighted by molar-refractivity contribution is 7.59. The van der Waals surface area contributed by atoms with Gasteiger partial charge in [0, 0.05) is 31.7 Å². The first kappa shape index (κ1) is 32.4. The smallest absolute Gasteiger partial charge is 0.408 e. The molecule has 2 N–H and O–H groups in total. The van der Waals surface area contributed by atoms with Crippen LogP contribution in [0.4, 0.5) is 16.3 Å². The van der Waals surface area contributed by atoms with Gasteiger partial charge in [-0.05, 0) is 64.7 Å². The number of anilines is 2. The predicted molar refractivity (Wildman–Crippen MR) is 166 cm³/mol. The summed E-state index contributed by atoms with van der Waals surface area (Å²) >= 11 is 0. The van der Waals surface area contributed by atoms with Crippen molar-refractivity contribution in [3.8, 4) is 0 Å². The maximum absolute atomic E-state index is 12.8. The molecule has 0 aliphatic carbocycles. The van der Waals surface area contributed by atoms with Crippen LogP contribution < -0.4 is 15.5 Å². The molecule has 1 aliphatic heterocycles. The normalized spacial score (nSPS) is 14.7. The number of unbranched alkanes of at least 4 members (excludes halogenated alkanes) is 2. The van der Waals surface area contributed by atoms with E-state index < -0.39 is 17.7 Å². The summed E-state index contributed by atoms with van der Waals surface area (Å²) in [5.74, 6) is 1.52. The molecule has 1 aromatic carbocycles. The molecule has 0 saturated carbocycles. The van der Waals surface area contributed by atoms with Gasteiger partial charge in [0.25, 0.3) is 0 Å². The van der Waals surface area contributed by atoms with E-state index in [-0.39, 0.29) is 25.2 Å². The average Bonchev–Trinajstić information content (AvgIpc) is 3.30. The second-order valence-corrected chi connectivity index (χ2v) is 11.7. The SMILES string of the molecule is Cc1nnc2c(NCCCCCC(=O)[C@@H](NC(=O)OC(C)(C)C)C(C)C)nc3cc(N4CCOCC4)ccc3n12.S. The van der Waals surface area contributed by atoms with Gasteiger partial charge in [-0.15, -0.1) is 10.2 Å². The number of nitrogens with one attached hydrogen (secondary N) is 2. The lowest BCUT2D eigenvalue weighted by molar-refractivity contribution is -0.122. The molecular weight excluding hydrogens is 542 g/mol. The Kier molecular flexibility index (Phi) is 11.2. The summed E-state index contributed by atoms with van der Waals surface area (Å²) in [6.45, 7) is 15.1. The molecule has 1 atom stereocenters. The molecular formula is C29H45N7O4S. The number of carbonyl (C=O) groups excluding carboxylic acids is 2. The standard InChI is InChI=1S/C29H43N7O4.H2S/c1-19(2)25(32-28(38)40-29(4,5)6)24(37)10-8-7-9-13-30-26-27-34-33-20(3)36(27)23-12-11-21(18-22(23)31-26)35-14-16-39-17-15-35;/h11-12,18-19,25H,7-10,13-17H2,1-6H3,(H,30,31)(H,32,38);1H2/t25-;/m0./s1. The van der Waals surface area contributed by atoms with E-state index >= 15 is 0 Å². The summed E-state index contributed by atoms with van der Waals surface area (Å²) < 4.78 is 12.9. The lowest BCUT2D eigenvalue weighted by Gasteiger charge is -2.29. The van der Waals surface area contributed by atoms with Crippen LogP contribution in [0.2, 0.25) is 0 Å². The third-order valence-corrected chi connectivity index (χ3v) is 6.92. The molecule has 0 unspecified atom stereocenters. The fourth-order valence-electron chi connectivity index (χ4n) is 4.92. The fraction of sp³-hybridized carbons (Fsp3) is 0.621. The Morgan fingerprint density at radius 2 is 1.83 bits per heavy atom. The summed E-state index contributed by atoms with van der Waals surface area (Å²) in [4.78, 5) is 32.2. The zero-order valence-corrected chi connectivity index (χ0v) is 26.1. The molecule has 1 fully saturated rings. The maximum atomic E-state index is 12.8. The minimum atomic E-state index is -0.608. The number of amides is 1. The summed E-state index contributed by atoms with van der Waals surface area (Å²) in [5, 5.41) is 14.9. The van der Waals surface area contributed by atoms with Crippen LogP contribution in [0.25, 0.3) is 16.7 Å². The highest BCUT2D eigenvalue weighted by Gasteiger charge is 2.26. The molecule has 11 nitrogen and oxygen atoms in total. The number of aryl methyl sites for hydroxylation is 1. The molecule has 1 amide bonds. The van der Waals surface area contributed by atoms with E-state index in [9.17, 15) is 9.59 Å². The van der Waals surface area contributed by atoms with Crippen molar-refractivity contribution >= 4 is 53.6 Å². The van der Waals surface area contributed by atoms with Gasteiger partial charge in [0.05, 0.1) is 30.3 Å². The Labute approximate surface area is 249 Å². The van der Waals surface area contributed by atoms with Gasteiger partial charge in [0.1, 0.15) is 11.4 Å². The lowest BCUT2D eigenvalue weighted by atomic mass is 9.96. The van der Waals surface area contributed by atoms with Gasteiger partial charge < -0.3 is 25.0 Å². The van der Waals surface area contributed by atoms with E-state index in [1.165, 1.54) is 0 Å². The molecule has 0 bridgehead atoms. The van der Waals surface area contributed by atoms with E-state index in [2.05, 4.69) is 43.9 Å². The van der Waals surface area contributed by atoms with Crippen molar-refractivity contribution in [2.45, 2.75) is 78.9 Å². The summed E-state index contributed by atoms with van der Waals surface area (Å²) in [6, 6.07) is 5.77. The highest BCUT2D eigenvalue weighted by atomic mass is 32.1. The fourth-order valence-corrected chi connectivity index (χ4v) is 4.92. The van der Waals surface area contributed by atoms with E-state index in [4.69, 9.17) is 14.5 Å². The lowest BCUT2D eigenvalue weighted by Crippen LogP contribution is -2.46. The van der Waals surface area contributed by atoms with Gasteiger partial charge in [-0.1, -0.05) is 20.3 Å². The van der Waals surface area contributed by atoms with Crippen LogP contribution in [0, 0.1) is 12.8 Å². The molecule has 41 heavy (non-hydrogen) atoms. The number of hydrogen-bond donors (Lipinski definition) is 2. The van der Waals surface area contributed by atoms with Crippen molar-refractivity contribution in [1.82, 2.24) is 24.9 Å². The van der Waals surface area contributed by atoms with Crippen LogP contribution >= 0.6 is 13.5 Å². The number of hydrogen-bond acceptors (Lipinski definition) is 9. The van der Waals surface area contributed by atoms with Gasteiger partial charge in [-0.25, -0.2) is 9.78 Å². The number of Topliss-reactive ketones (excluding diaryl/α,β-unsaturated/α-hetero) is 1. The largest absolute Gasteiger partial charge is 0.444 e. The third-order valence-electron chi connectivity index (χ3n) is 6.92. The van der Waals surface area contributed by atoms with Crippen molar-refractivity contribution in [2.24, 2.45) is 5.92 Å². The minimum absolute atomic E-state index is 0. The van der Waals surface area contributed by atoms with Gasteiger partial charge in [0.15, 0.2) is 11.6 Å². The number of nitrogens with zero attached hydrogens (tertiary/aromatic N) is 5. The quantitative estimate of drug-likeness (QED) is 0.309. The van der Waals surface area contributed by atoms with Crippen LogP contribution in [-0.2, 0) is 14.3 Å². The predicted octanol–water partition coefficient (Wildman–Crippen LogP) is 4.63. The van der Waals surface area contributed by atoms with E-state index in [0.29, 0.717) is 24.4 Å². The minimum Gasteiger partial charge on any atom is -0.444 e. The first-order chi connectivity index (χ1) is 19.0. The maximum Gasteiger partial charge on any atom is 0.408 e. The topological polar surface area (TPSA) is 123 Å². The Bertz CT molecular complexity index is 1330. The third kappa shape index (κ3) is 8.45. The zero-order valence-electron chi connectivity index (χ0n) is 25.1. The highest BCUT2D eigenvalue weighted by Crippen LogP contribution is 2.26. The zero-order chi connectivity index (χ0) is 28.9. The van der Waals surface area contributed by atoms with E-state index in [1.807, 2.05) is 25.2 Å². The summed E-state index contributed by atoms with van der Waals surface area (Å²) in [7, 11) is 0. The molecule has 2 aromatic heterocycles. The summed E-state index contributed by atoms with van der Waals surface area (Å²) in [6.07, 6.45) is 2.33. The number of benzene rings is 1. The molecule has 1 saturated heterocycles. The molecule has 0 radical (unpaired) electrons. The Morgan fingerprint density at radius 3 is 2.51 bits per heavy atom. The van der Waals surface area contributed by atoms with Gasteiger partial charge >= 0.3 is 6.09 Å². The van der Waals surface area contributed by atoms with Crippen LogP contribution in [0.15, 0.2) is 18.2 Å². The molecule has 4 rings (SSSR count). The average molecular weight is 588 g/mol. The van der Waals surface area contributed by atoms with Crippen LogP contribution in [0.1, 0.15) is 66.1 Å². The number of carbonyl (C=O) groups is 2. The second-order valence-electron chi connectivity index (χ2n) is 11.7. The number of aromatic nitrogens is 4. The van der Waals surface area contributed by atoms with Crippen molar-refractivity contribution in [3.63, 3.8) is 0 Å². The van der Waals surface area contributed by atoms with Crippen molar-refractivity contribution in [3.05, 3.63) is 24.0 Å². The van der Waals surface area contributed by atoms with Gasteiger partial charge in [-0.3, -0.25) is 9.20 Å². The Morgan fingerprint density at radius 1 is 1.10 bits per heavy atom. The van der Waals surface area contributed by atoms with Crippen molar-refractivity contribution < 1.29 is 19.1 Å². The second kappa shape index (κ2) is 14.2. The van der Waals surface area contributed by atoms with Crippen LogP contribution in [-0.4, -0.2) is 75.9 Å². The number of ether oxygens (including phenoxy) is 2. The van der Waals surface area contributed by atoms with Gasteiger partial charge in [-0.2, -0.15) is 13.5 Å². The van der Waals surface area contributed by atoms with Crippen molar-refractivity contribution in [2.75, 3.05) is 43.1 Å².